The van der Waals surface area contributed by atoms with Crippen LogP contribution in [0, 0.1) is 12.7 Å². The molecule has 1 aromatic heterocycles. The van der Waals surface area contributed by atoms with Gasteiger partial charge in [0, 0.05) is 50.4 Å². The molecule has 0 radical (unpaired) electrons. The number of aromatic nitrogens is 2. The summed E-state index contributed by atoms with van der Waals surface area (Å²) in [5.41, 5.74) is 4.73. The van der Waals surface area contributed by atoms with Gasteiger partial charge in [0.1, 0.15) is 24.7 Å². The van der Waals surface area contributed by atoms with Gasteiger partial charge in [-0.05, 0) is 31.2 Å². The van der Waals surface area contributed by atoms with Crippen LogP contribution in [-0.2, 0) is 17.9 Å². The summed E-state index contributed by atoms with van der Waals surface area (Å²) in [4.78, 5) is 17.0. The van der Waals surface area contributed by atoms with Crippen molar-refractivity contribution in [3.63, 3.8) is 0 Å². The number of benzene rings is 2. The molecular weight excluding hydrogens is 421 g/mol. The molecule has 0 bridgehead atoms. The molecule has 1 N–H and O–H groups in total. The second-order valence-corrected chi connectivity index (χ2v) is 8.59. The number of piperazine rings is 1. The van der Waals surface area contributed by atoms with Crippen LogP contribution in [0.1, 0.15) is 11.1 Å². The molecule has 0 aliphatic carbocycles. The van der Waals surface area contributed by atoms with Gasteiger partial charge in [-0.1, -0.05) is 23.8 Å². The molecule has 0 atom stereocenters. The Morgan fingerprint density at radius 3 is 2.79 bits per heavy atom. The Bertz CT molecular complexity index is 1150. The molecule has 3 aromatic rings. The lowest BCUT2D eigenvalue weighted by atomic mass is 10.0. The summed E-state index contributed by atoms with van der Waals surface area (Å²) in [5.74, 6) is 0.583. The largest absolute Gasteiger partial charge is 0.488 e. The standard InChI is InChI=1S/C25H28FN5O2/c1-18-6-7-23-20(14-18)25-19(17-33-23)15-28-31(25)16-24(32)27-8-9-29-10-12-30(13-11-29)22-5-3-2-4-21(22)26/h2-7,14-15H,8-13,16-17H2,1H3,(H,27,32). The second kappa shape index (κ2) is 9.23. The van der Waals surface area contributed by atoms with Gasteiger partial charge in [0.15, 0.2) is 0 Å². The van der Waals surface area contributed by atoms with Gasteiger partial charge in [0.05, 0.1) is 17.6 Å². The molecule has 1 amide bonds. The first-order valence-electron chi connectivity index (χ1n) is 11.4. The summed E-state index contributed by atoms with van der Waals surface area (Å²) in [6.45, 7) is 7.24. The van der Waals surface area contributed by atoms with Gasteiger partial charge in [-0.3, -0.25) is 14.4 Å². The Labute approximate surface area is 192 Å². The van der Waals surface area contributed by atoms with E-state index in [0.717, 1.165) is 60.9 Å². The number of carbonyl (C=O) groups is 1. The minimum Gasteiger partial charge on any atom is -0.488 e. The van der Waals surface area contributed by atoms with Crippen LogP contribution in [0.25, 0.3) is 11.3 Å². The average Bonchev–Trinajstić information content (AvgIpc) is 3.23. The minimum absolute atomic E-state index is 0.0633. The first-order chi connectivity index (χ1) is 16.1. The van der Waals surface area contributed by atoms with Crippen molar-refractivity contribution < 1.29 is 13.9 Å². The number of halogens is 1. The van der Waals surface area contributed by atoms with Crippen LogP contribution in [0.2, 0.25) is 0 Å². The average molecular weight is 450 g/mol. The predicted molar refractivity (Wildman–Crippen MR) is 125 cm³/mol. The van der Waals surface area contributed by atoms with Crippen molar-refractivity contribution in [1.82, 2.24) is 20.0 Å². The molecule has 0 spiro atoms. The van der Waals surface area contributed by atoms with Crippen molar-refractivity contribution in [2.24, 2.45) is 0 Å². The van der Waals surface area contributed by atoms with Gasteiger partial charge in [-0.25, -0.2) is 4.39 Å². The molecule has 5 rings (SSSR count). The van der Waals surface area contributed by atoms with E-state index in [1.165, 1.54) is 6.07 Å². The lowest BCUT2D eigenvalue weighted by Gasteiger charge is -2.36. The highest BCUT2D eigenvalue weighted by Gasteiger charge is 2.23. The first-order valence-corrected chi connectivity index (χ1v) is 11.4. The summed E-state index contributed by atoms with van der Waals surface area (Å²) in [5, 5.41) is 7.45. The third-order valence-corrected chi connectivity index (χ3v) is 6.30. The summed E-state index contributed by atoms with van der Waals surface area (Å²) in [7, 11) is 0. The number of aryl methyl sites for hydroxylation is 1. The second-order valence-electron chi connectivity index (χ2n) is 8.59. The third kappa shape index (κ3) is 4.57. The van der Waals surface area contributed by atoms with E-state index in [-0.39, 0.29) is 18.3 Å². The Morgan fingerprint density at radius 2 is 1.97 bits per heavy atom. The van der Waals surface area contributed by atoms with Crippen molar-refractivity contribution in [1.29, 1.82) is 0 Å². The maximum Gasteiger partial charge on any atom is 0.241 e. The molecule has 3 heterocycles. The quantitative estimate of drug-likeness (QED) is 0.627. The number of ether oxygens (including phenoxy) is 1. The van der Waals surface area contributed by atoms with E-state index >= 15 is 0 Å². The number of hydrogen-bond donors (Lipinski definition) is 1. The maximum absolute atomic E-state index is 14.0. The molecule has 1 fully saturated rings. The van der Waals surface area contributed by atoms with Crippen LogP contribution in [0.3, 0.4) is 0 Å². The van der Waals surface area contributed by atoms with Gasteiger partial charge in [0.2, 0.25) is 5.91 Å². The van der Waals surface area contributed by atoms with Crippen LogP contribution in [0.5, 0.6) is 5.75 Å². The summed E-state index contributed by atoms with van der Waals surface area (Å²) < 4.78 is 21.6. The Kier molecular flexibility index (Phi) is 6.00. The van der Waals surface area contributed by atoms with Gasteiger partial charge >= 0.3 is 0 Å². The number of amides is 1. The number of nitrogens with zero attached hydrogens (tertiary/aromatic N) is 4. The Hall–Kier alpha value is -3.39. The lowest BCUT2D eigenvalue weighted by Crippen LogP contribution is -2.48. The fourth-order valence-corrected chi connectivity index (χ4v) is 4.54. The highest BCUT2D eigenvalue weighted by atomic mass is 19.1. The first kappa shape index (κ1) is 21.5. The number of anilines is 1. The van der Waals surface area contributed by atoms with Gasteiger partial charge in [-0.2, -0.15) is 5.10 Å². The number of nitrogens with one attached hydrogen (secondary N) is 1. The van der Waals surface area contributed by atoms with E-state index < -0.39 is 0 Å². The monoisotopic (exact) mass is 449 g/mol. The van der Waals surface area contributed by atoms with E-state index in [9.17, 15) is 9.18 Å². The van der Waals surface area contributed by atoms with Crippen LogP contribution >= 0.6 is 0 Å². The van der Waals surface area contributed by atoms with Gasteiger partial charge < -0.3 is 15.0 Å². The molecule has 172 valence electrons. The molecule has 0 unspecified atom stereocenters. The minimum atomic E-state index is -0.177. The molecule has 7 nitrogen and oxygen atoms in total. The van der Waals surface area contributed by atoms with E-state index in [1.54, 1.807) is 16.9 Å². The smallest absolute Gasteiger partial charge is 0.241 e. The fourth-order valence-electron chi connectivity index (χ4n) is 4.54. The third-order valence-electron chi connectivity index (χ3n) is 6.30. The zero-order valence-corrected chi connectivity index (χ0v) is 18.8. The SMILES string of the molecule is Cc1ccc2c(c1)-c1c(cnn1CC(=O)NCCN1CCN(c3ccccc3F)CC1)CO2. The zero-order valence-electron chi connectivity index (χ0n) is 18.8. The van der Waals surface area contributed by atoms with Crippen molar-refractivity contribution in [2.75, 3.05) is 44.2 Å². The zero-order chi connectivity index (χ0) is 22.8. The van der Waals surface area contributed by atoms with E-state index in [1.807, 2.05) is 31.2 Å². The molecular formula is C25H28FN5O2. The van der Waals surface area contributed by atoms with Crippen molar-refractivity contribution in [3.05, 3.63) is 65.6 Å². The topological polar surface area (TPSA) is 62.6 Å². The van der Waals surface area contributed by atoms with Crippen molar-refractivity contribution in [2.45, 2.75) is 20.1 Å². The molecule has 8 heteroatoms. The highest BCUT2D eigenvalue weighted by Crippen LogP contribution is 2.37. The molecule has 1 saturated heterocycles. The summed E-state index contributed by atoms with van der Waals surface area (Å²) in [6, 6.07) is 13.0. The van der Waals surface area contributed by atoms with Crippen LogP contribution < -0.4 is 15.0 Å². The molecule has 33 heavy (non-hydrogen) atoms. The van der Waals surface area contributed by atoms with Crippen LogP contribution in [-0.4, -0.2) is 59.9 Å². The molecule has 2 aliphatic rings. The van der Waals surface area contributed by atoms with Gasteiger partial charge in [0.25, 0.3) is 0 Å². The molecule has 0 saturated carbocycles. The summed E-state index contributed by atoms with van der Waals surface area (Å²) in [6.07, 6.45) is 1.78. The van der Waals surface area contributed by atoms with E-state index in [0.29, 0.717) is 18.8 Å². The van der Waals surface area contributed by atoms with E-state index in [2.05, 4.69) is 26.3 Å². The van der Waals surface area contributed by atoms with Crippen molar-refractivity contribution >= 4 is 11.6 Å². The maximum atomic E-state index is 14.0. The number of carbonyl (C=O) groups excluding carboxylic acids is 1. The fraction of sp³-hybridized carbons (Fsp3) is 0.360. The molecule has 2 aromatic carbocycles. The summed E-state index contributed by atoms with van der Waals surface area (Å²) >= 11 is 0. The number of rotatable bonds is 6. The number of para-hydroxylation sites is 1. The highest BCUT2D eigenvalue weighted by molar-refractivity contribution is 5.78. The molecule has 2 aliphatic heterocycles. The van der Waals surface area contributed by atoms with Crippen LogP contribution in [0.4, 0.5) is 10.1 Å². The van der Waals surface area contributed by atoms with Gasteiger partial charge in [-0.15, -0.1) is 0 Å². The Balaban J connectivity index is 1.12. The van der Waals surface area contributed by atoms with E-state index in [4.69, 9.17) is 4.74 Å². The Morgan fingerprint density at radius 1 is 1.15 bits per heavy atom. The van der Waals surface area contributed by atoms with Crippen molar-refractivity contribution in [3.8, 4) is 17.0 Å². The van der Waals surface area contributed by atoms with Crippen LogP contribution in [0.15, 0.2) is 48.7 Å². The predicted octanol–water partition coefficient (Wildman–Crippen LogP) is 2.83. The number of fused-ring (bicyclic) bond motifs is 3. The lowest BCUT2D eigenvalue weighted by molar-refractivity contribution is -0.121. The normalized spacial score (nSPS) is 15.5. The number of hydrogen-bond acceptors (Lipinski definition) is 5.